The summed E-state index contributed by atoms with van der Waals surface area (Å²) < 4.78 is 1.81. The first-order valence-corrected chi connectivity index (χ1v) is 9.43. The number of aromatic nitrogens is 4. The number of hydrogen-bond donors (Lipinski definition) is 0. The summed E-state index contributed by atoms with van der Waals surface area (Å²) in [7, 11) is 0. The van der Waals surface area contributed by atoms with Crippen LogP contribution in [-0.2, 0) is 17.6 Å². The predicted octanol–water partition coefficient (Wildman–Crippen LogP) is 1.89. The normalized spacial score (nSPS) is 14.7. The van der Waals surface area contributed by atoms with Crippen LogP contribution >= 0.6 is 0 Å². The Morgan fingerprint density at radius 2 is 1.74 bits per heavy atom. The van der Waals surface area contributed by atoms with Gasteiger partial charge in [0.1, 0.15) is 5.82 Å². The molecule has 1 fully saturated rings. The molecular formula is C20H24N6O. The number of fused-ring (bicyclic) bond motifs is 1. The van der Waals surface area contributed by atoms with Gasteiger partial charge in [-0.3, -0.25) is 4.79 Å². The molecule has 2 aromatic heterocycles. The summed E-state index contributed by atoms with van der Waals surface area (Å²) >= 11 is 0. The molecule has 1 aromatic carbocycles. The Hall–Kier alpha value is -2.96. The summed E-state index contributed by atoms with van der Waals surface area (Å²) in [6, 6.07) is 12.1. The van der Waals surface area contributed by atoms with Crippen molar-refractivity contribution < 1.29 is 4.79 Å². The molecule has 27 heavy (non-hydrogen) atoms. The van der Waals surface area contributed by atoms with Crippen molar-refractivity contribution in [3.63, 3.8) is 0 Å². The number of piperazine rings is 1. The molecule has 4 rings (SSSR count). The Kier molecular flexibility index (Phi) is 4.75. The SMILES string of the molecule is CCc1nnc2ccc(N3CCN(C(=O)Cc4ccc(C)cc4)CC3)nn12. The molecule has 0 aliphatic carbocycles. The van der Waals surface area contributed by atoms with Crippen molar-refractivity contribution in [1.82, 2.24) is 24.7 Å². The molecular weight excluding hydrogens is 340 g/mol. The van der Waals surface area contributed by atoms with E-state index in [4.69, 9.17) is 0 Å². The first-order chi connectivity index (χ1) is 13.1. The average Bonchev–Trinajstić information content (AvgIpc) is 3.12. The number of amides is 1. The maximum Gasteiger partial charge on any atom is 0.227 e. The second kappa shape index (κ2) is 7.34. The van der Waals surface area contributed by atoms with Crippen LogP contribution in [0.25, 0.3) is 5.65 Å². The van der Waals surface area contributed by atoms with Crippen LogP contribution in [0.4, 0.5) is 5.82 Å². The van der Waals surface area contributed by atoms with E-state index in [9.17, 15) is 4.79 Å². The Bertz CT molecular complexity index is 941. The van der Waals surface area contributed by atoms with E-state index in [1.165, 1.54) is 5.56 Å². The van der Waals surface area contributed by atoms with E-state index in [0.29, 0.717) is 19.5 Å². The molecule has 1 aliphatic rings. The van der Waals surface area contributed by atoms with E-state index >= 15 is 0 Å². The van der Waals surface area contributed by atoms with E-state index in [2.05, 4.69) is 39.3 Å². The minimum Gasteiger partial charge on any atom is -0.352 e. The highest BCUT2D eigenvalue weighted by Crippen LogP contribution is 2.16. The Balaban J connectivity index is 1.39. The molecule has 1 amide bonds. The number of rotatable bonds is 4. The molecule has 0 saturated carbocycles. The summed E-state index contributed by atoms with van der Waals surface area (Å²) in [4.78, 5) is 16.8. The highest BCUT2D eigenvalue weighted by atomic mass is 16.2. The summed E-state index contributed by atoms with van der Waals surface area (Å²) in [5, 5.41) is 13.0. The zero-order valence-corrected chi connectivity index (χ0v) is 15.8. The van der Waals surface area contributed by atoms with Gasteiger partial charge in [-0.2, -0.15) is 4.52 Å². The summed E-state index contributed by atoms with van der Waals surface area (Å²) in [6.07, 6.45) is 1.25. The molecule has 0 atom stereocenters. The van der Waals surface area contributed by atoms with Crippen LogP contribution in [0.5, 0.6) is 0 Å². The Morgan fingerprint density at radius 3 is 2.44 bits per heavy atom. The molecule has 1 aliphatic heterocycles. The minimum atomic E-state index is 0.189. The lowest BCUT2D eigenvalue weighted by molar-refractivity contribution is -0.130. The molecule has 0 radical (unpaired) electrons. The zero-order chi connectivity index (χ0) is 18.8. The first-order valence-electron chi connectivity index (χ1n) is 9.43. The number of carbonyl (C=O) groups is 1. The average molecular weight is 364 g/mol. The van der Waals surface area contributed by atoms with Gasteiger partial charge in [-0.1, -0.05) is 36.8 Å². The van der Waals surface area contributed by atoms with Crippen molar-refractivity contribution in [2.24, 2.45) is 0 Å². The third kappa shape index (κ3) is 3.63. The molecule has 0 spiro atoms. The van der Waals surface area contributed by atoms with Crippen LogP contribution in [0.2, 0.25) is 0 Å². The largest absolute Gasteiger partial charge is 0.352 e. The number of carbonyl (C=O) groups excluding carboxylic acids is 1. The highest BCUT2D eigenvalue weighted by Gasteiger charge is 2.22. The Labute approximate surface area is 158 Å². The maximum absolute atomic E-state index is 12.6. The third-order valence-electron chi connectivity index (χ3n) is 5.06. The van der Waals surface area contributed by atoms with Gasteiger partial charge in [0.25, 0.3) is 0 Å². The number of benzene rings is 1. The molecule has 140 valence electrons. The second-order valence-electron chi connectivity index (χ2n) is 6.96. The van der Waals surface area contributed by atoms with Gasteiger partial charge >= 0.3 is 0 Å². The smallest absolute Gasteiger partial charge is 0.227 e. The minimum absolute atomic E-state index is 0.189. The zero-order valence-electron chi connectivity index (χ0n) is 15.8. The van der Waals surface area contributed by atoms with E-state index in [1.807, 2.05) is 40.6 Å². The highest BCUT2D eigenvalue weighted by molar-refractivity contribution is 5.79. The van der Waals surface area contributed by atoms with Gasteiger partial charge in [-0.05, 0) is 24.6 Å². The summed E-state index contributed by atoms with van der Waals surface area (Å²) in [5.74, 6) is 1.95. The molecule has 7 heteroatoms. The van der Waals surface area contributed by atoms with Crippen LogP contribution in [0, 0.1) is 6.92 Å². The van der Waals surface area contributed by atoms with Crippen molar-refractivity contribution >= 4 is 17.4 Å². The molecule has 0 N–H and O–H groups in total. The lowest BCUT2D eigenvalue weighted by atomic mass is 10.1. The van der Waals surface area contributed by atoms with Crippen molar-refractivity contribution in [1.29, 1.82) is 0 Å². The van der Waals surface area contributed by atoms with Crippen molar-refractivity contribution in [3.05, 3.63) is 53.3 Å². The Morgan fingerprint density at radius 1 is 1.00 bits per heavy atom. The second-order valence-corrected chi connectivity index (χ2v) is 6.96. The molecule has 0 unspecified atom stereocenters. The van der Waals surface area contributed by atoms with E-state index in [1.54, 1.807) is 0 Å². The monoisotopic (exact) mass is 364 g/mol. The van der Waals surface area contributed by atoms with Gasteiger partial charge in [0.15, 0.2) is 11.5 Å². The number of hydrogen-bond acceptors (Lipinski definition) is 5. The summed E-state index contributed by atoms with van der Waals surface area (Å²) in [6.45, 7) is 7.09. The van der Waals surface area contributed by atoms with Crippen LogP contribution in [0.3, 0.4) is 0 Å². The van der Waals surface area contributed by atoms with Gasteiger partial charge in [-0.25, -0.2) is 0 Å². The van der Waals surface area contributed by atoms with Gasteiger partial charge in [0.2, 0.25) is 5.91 Å². The lowest BCUT2D eigenvalue weighted by Crippen LogP contribution is -2.49. The van der Waals surface area contributed by atoms with Gasteiger partial charge in [-0.15, -0.1) is 15.3 Å². The fraction of sp³-hybridized carbons (Fsp3) is 0.400. The third-order valence-corrected chi connectivity index (χ3v) is 5.06. The number of nitrogens with zero attached hydrogens (tertiary/aromatic N) is 6. The number of anilines is 1. The maximum atomic E-state index is 12.6. The van der Waals surface area contributed by atoms with Gasteiger partial charge in [0.05, 0.1) is 6.42 Å². The van der Waals surface area contributed by atoms with Crippen molar-refractivity contribution in [3.8, 4) is 0 Å². The van der Waals surface area contributed by atoms with E-state index in [-0.39, 0.29) is 5.91 Å². The van der Waals surface area contributed by atoms with E-state index in [0.717, 1.165) is 42.4 Å². The quantitative estimate of drug-likeness (QED) is 0.707. The van der Waals surface area contributed by atoms with Crippen LogP contribution < -0.4 is 4.90 Å². The van der Waals surface area contributed by atoms with Gasteiger partial charge < -0.3 is 9.80 Å². The predicted molar refractivity (Wildman–Crippen MR) is 104 cm³/mol. The topological polar surface area (TPSA) is 66.6 Å². The molecule has 3 aromatic rings. The fourth-order valence-electron chi connectivity index (χ4n) is 3.39. The molecule has 3 heterocycles. The first kappa shape index (κ1) is 17.5. The number of aryl methyl sites for hydroxylation is 2. The van der Waals surface area contributed by atoms with Crippen LogP contribution in [-0.4, -0.2) is 56.8 Å². The molecule has 0 bridgehead atoms. The fourth-order valence-corrected chi connectivity index (χ4v) is 3.39. The summed E-state index contributed by atoms with van der Waals surface area (Å²) in [5.41, 5.74) is 3.05. The van der Waals surface area contributed by atoms with E-state index < -0.39 is 0 Å². The van der Waals surface area contributed by atoms with Crippen molar-refractivity contribution in [2.45, 2.75) is 26.7 Å². The molecule has 1 saturated heterocycles. The van der Waals surface area contributed by atoms with Crippen LogP contribution in [0.1, 0.15) is 23.9 Å². The van der Waals surface area contributed by atoms with Crippen molar-refractivity contribution in [2.75, 3.05) is 31.1 Å². The molecule has 7 nitrogen and oxygen atoms in total. The standard InChI is InChI=1S/C20H24N6O/c1-3-17-21-22-18-8-9-19(23-26(17)18)24-10-12-25(13-11-24)20(27)14-16-6-4-15(2)5-7-16/h4-9H,3,10-14H2,1-2H3. The van der Waals surface area contributed by atoms with Crippen LogP contribution in [0.15, 0.2) is 36.4 Å². The van der Waals surface area contributed by atoms with Gasteiger partial charge in [0, 0.05) is 32.6 Å². The lowest BCUT2D eigenvalue weighted by Gasteiger charge is -2.35.